The third-order valence-corrected chi connectivity index (χ3v) is 3.18. The molecule has 3 N–H and O–H groups in total. The minimum absolute atomic E-state index is 0.108. The number of hydrogen-bond acceptors (Lipinski definition) is 4. The fourth-order valence-electron chi connectivity index (χ4n) is 1.41. The summed E-state index contributed by atoms with van der Waals surface area (Å²) >= 11 is 9.05. The Labute approximate surface area is 132 Å². The van der Waals surface area contributed by atoms with E-state index in [1.807, 2.05) is 0 Å². The summed E-state index contributed by atoms with van der Waals surface area (Å²) in [5.74, 6) is -1.07. The molecule has 0 saturated heterocycles. The predicted molar refractivity (Wildman–Crippen MR) is 78.8 cm³/mol. The van der Waals surface area contributed by atoms with Gasteiger partial charge in [-0.1, -0.05) is 11.6 Å². The zero-order valence-electron chi connectivity index (χ0n) is 10.4. The van der Waals surface area contributed by atoms with Crippen LogP contribution in [0.2, 0.25) is 5.02 Å². The minimum atomic E-state index is -1.16. The number of H-pyrrole nitrogens is 1. The first-order chi connectivity index (χ1) is 9.95. The second-order valence-corrected chi connectivity index (χ2v) is 5.17. The lowest BCUT2D eigenvalue weighted by molar-refractivity contribution is -0.118. The number of amides is 1. The van der Waals surface area contributed by atoms with Crippen molar-refractivity contribution in [2.75, 3.05) is 11.9 Å². The van der Waals surface area contributed by atoms with Gasteiger partial charge in [-0.2, -0.15) is 5.10 Å². The fraction of sp³-hybridized carbons (Fsp3) is 0.0833. The zero-order chi connectivity index (χ0) is 15.4. The Kier molecular flexibility index (Phi) is 4.81. The van der Waals surface area contributed by atoms with E-state index in [0.717, 1.165) is 0 Å². The van der Waals surface area contributed by atoms with Crippen molar-refractivity contribution in [3.63, 3.8) is 0 Å². The molecule has 7 nitrogen and oxygen atoms in total. The van der Waals surface area contributed by atoms with Crippen molar-refractivity contribution < 1.29 is 19.4 Å². The molecule has 0 aliphatic heterocycles. The molecule has 1 heterocycles. The molecule has 0 aliphatic carbocycles. The summed E-state index contributed by atoms with van der Waals surface area (Å²) in [5, 5.41) is 17.6. The Morgan fingerprint density at radius 3 is 2.81 bits per heavy atom. The first kappa shape index (κ1) is 15.3. The molecule has 2 aromatic rings. The average Bonchev–Trinajstić information content (AvgIpc) is 2.86. The van der Waals surface area contributed by atoms with Gasteiger partial charge in [-0.25, -0.2) is 4.79 Å². The number of nitrogens with one attached hydrogen (secondary N) is 2. The second kappa shape index (κ2) is 6.59. The van der Waals surface area contributed by atoms with Crippen LogP contribution < -0.4 is 10.1 Å². The van der Waals surface area contributed by atoms with Crippen molar-refractivity contribution in [2.24, 2.45) is 0 Å². The maximum Gasteiger partial charge on any atom is 0.353 e. The van der Waals surface area contributed by atoms with Gasteiger partial charge >= 0.3 is 5.97 Å². The number of aromatic nitrogens is 2. The van der Waals surface area contributed by atoms with Crippen LogP contribution in [0.3, 0.4) is 0 Å². The molecule has 0 aliphatic rings. The fourth-order valence-corrected chi connectivity index (χ4v) is 2.21. The van der Waals surface area contributed by atoms with Crippen LogP contribution in [0.1, 0.15) is 10.5 Å². The monoisotopic (exact) mass is 373 g/mol. The first-order valence-corrected chi connectivity index (χ1v) is 6.79. The summed E-state index contributed by atoms with van der Waals surface area (Å²) in [6.07, 6.45) is 0. The minimum Gasteiger partial charge on any atom is -0.483 e. The van der Waals surface area contributed by atoms with E-state index in [2.05, 4.69) is 31.4 Å². The Hall–Kier alpha value is -2.06. The van der Waals surface area contributed by atoms with E-state index >= 15 is 0 Å². The summed E-state index contributed by atoms with van der Waals surface area (Å²) in [5.41, 5.74) is -0.119. The van der Waals surface area contributed by atoms with Crippen LogP contribution in [0.25, 0.3) is 0 Å². The molecule has 1 aromatic carbocycles. The number of aromatic amines is 1. The average molecular weight is 375 g/mol. The third kappa shape index (κ3) is 4.20. The number of anilines is 1. The van der Waals surface area contributed by atoms with Crippen LogP contribution in [0.15, 0.2) is 28.7 Å². The van der Waals surface area contributed by atoms with Crippen molar-refractivity contribution >= 4 is 45.2 Å². The number of carbonyl (C=O) groups excluding carboxylic acids is 1. The largest absolute Gasteiger partial charge is 0.483 e. The van der Waals surface area contributed by atoms with Gasteiger partial charge in [-0.3, -0.25) is 9.89 Å². The van der Waals surface area contributed by atoms with Gasteiger partial charge in [0.05, 0.1) is 4.47 Å². The summed E-state index contributed by atoms with van der Waals surface area (Å²) in [6.45, 7) is -0.254. The van der Waals surface area contributed by atoms with Crippen LogP contribution >= 0.6 is 27.5 Å². The summed E-state index contributed by atoms with van der Waals surface area (Å²) in [6, 6.07) is 6.10. The van der Waals surface area contributed by atoms with Crippen molar-refractivity contribution in [3.8, 4) is 5.75 Å². The zero-order valence-corrected chi connectivity index (χ0v) is 12.7. The molecule has 0 saturated carbocycles. The Morgan fingerprint density at radius 2 is 2.19 bits per heavy atom. The predicted octanol–water partition coefficient (Wildman–Crippen LogP) is 2.54. The lowest BCUT2D eigenvalue weighted by Crippen LogP contribution is -2.20. The van der Waals surface area contributed by atoms with Crippen LogP contribution in [-0.2, 0) is 4.79 Å². The Morgan fingerprint density at radius 1 is 1.43 bits per heavy atom. The van der Waals surface area contributed by atoms with Gasteiger partial charge in [0, 0.05) is 11.1 Å². The smallest absolute Gasteiger partial charge is 0.353 e. The van der Waals surface area contributed by atoms with Gasteiger partial charge in [-0.05, 0) is 34.1 Å². The van der Waals surface area contributed by atoms with Crippen LogP contribution in [0, 0.1) is 0 Å². The second-order valence-electron chi connectivity index (χ2n) is 3.88. The molecule has 1 aromatic heterocycles. The van der Waals surface area contributed by atoms with Crippen molar-refractivity contribution in [3.05, 3.63) is 39.5 Å². The first-order valence-electron chi connectivity index (χ1n) is 5.62. The number of halogens is 2. The number of carbonyl (C=O) groups is 2. The summed E-state index contributed by atoms with van der Waals surface area (Å²) < 4.78 is 5.93. The highest BCUT2D eigenvalue weighted by atomic mass is 79.9. The van der Waals surface area contributed by atoms with E-state index in [1.54, 1.807) is 18.2 Å². The lowest BCUT2D eigenvalue weighted by atomic mass is 10.3. The van der Waals surface area contributed by atoms with E-state index < -0.39 is 11.9 Å². The number of hydrogen-bond donors (Lipinski definition) is 3. The van der Waals surface area contributed by atoms with Gasteiger partial charge in [0.15, 0.2) is 12.4 Å². The van der Waals surface area contributed by atoms with Gasteiger partial charge in [0.1, 0.15) is 11.4 Å². The topological polar surface area (TPSA) is 104 Å². The molecule has 0 unspecified atom stereocenters. The molecule has 0 fully saturated rings. The lowest BCUT2D eigenvalue weighted by Gasteiger charge is -2.07. The molecule has 21 heavy (non-hydrogen) atoms. The molecule has 0 bridgehead atoms. The maximum atomic E-state index is 11.7. The molecular formula is C12H9BrClN3O4. The van der Waals surface area contributed by atoms with Crippen LogP contribution in [0.4, 0.5) is 5.82 Å². The number of carboxylic acids is 1. The molecule has 1 amide bonds. The van der Waals surface area contributed by atoms with Crippen molar-refractivity contribution in [1.29, 1.82) is 0 Å². The van der Waals surface area contributed by atoms with Crippen LogP contribution in [0.5, 0.6) is 5.75 Å². The summed E-state index contributed by atoms with van der Waals surface area (Å²) in [4.78, 5) is 22.3. The van der Waals surface area contributed by atoms with Gasteiger partial charge in [0.2, 0.25) is 0 Å². The standard InChI is InChI=1S/C12H9BrClN3O4/c13-7-3-6(14)1-2-9(7)21-5-11(18)15-10-4-8(12(19)20)16-17-10/h1-4H,5H2,(H,19,20)(H2,15,16,17,18). The molecular weight excluding hydrogens is 366 g/mol. The molecule has 0 spiro atoms. The van der Waals surface area contributed by atoms with E-state index in [9.17, 15) is 9.59 Å². The molecule has 0 atom stereocenters. The molecule has 0 radical (unpaired) electrons. The summed E-state index contributed by atoms with van der Waals surface area (Å²) in [7, 11) is 0. The SMILES string of the molecule is O=C(COc1ccc(Cl)cc1Br)Nc1cc(C(=O)O)[nH]n1. The Balaban J connectivity index is 1.91. The van der Waals surface area contributed by atoms with E-state index in [0.29, 0.717) is 15.2 Å². The number of rotatable bonds is 5. The van der Waals surface area contributed by atoms with E-state index in [4.69, 9.17) is 21.4 Å². The van der Waals surface area contributed by atoms with Crippen molar-refractivity contribution in [2.45, 2.75) is 0 Å². The van der Waals surface area contributed by atoms with E-state index in [1.165, 1.54) is 6.07 Å². The van der Waals surface area contributed by atoms with E-state index in [-0.39, 0.29) is 18.1 Å². The maximum absolute atomic E-state index is 11.7. The number of aromatic carboxylic acids is 1. The highest BCUT2D eigenvalue weighted by Crippen LogP contribution is 2.27. The highest BCUT2D eigenvalue weighted by Gasteiger charge is 2.11. The Bertz CT molecular complexity index is 689. The van der Waals surface area contributed by atoms with Crippen molar-refractivity contribution in [1.82, 2.24) is 10.2 Å². The molecule has 2 rings (SSSR count). The van der Waals surface area contributed by atoms with Gasteiger partial charge in [-0.15, -0.1) is 0 Å². The number of carboxylic acid groups (broad SMARTS) is 1. The van der Waals surface area contributed by atoms with Gasteiger partial charge < -0.3 is 15.2 Å². The number of benzene rings is 1. The normalized spacial score (nSPS) is 10.2. The quantitative estimate of drug-likeness (QED) is 0.746. The number of nitrogens with zero attached hydrogens (tertiary/aromatic N) is 1. The van der Waals surface area contributed by atoms with Gasteiger partial charge in [0.25, 0.3) is 5.91 Å². The molecule has 9 heteroatoms. The number of ether oxygens (including phenoxy) is 1. The van der Waals surface area contributed by atoms with Crippen LogP contribution in [-0.4, -0.2) is 33.8 Å². The highest BCUT2D eigenvalue weighted by molar-refractivity contribution is 9.10. The third-order valence-electron chi connectivity index (χ3n) is 2.33. The molecule has 110 valence electrons.